The number of benzene rings is 2. The molecule has 0 aliphatic carbocycles. The molecule has 0 radical (unpaired) electrons. The van der Waals surface area contributed by atoms with Gasteiger partial charge in [0.1, 0.15) is 5.75 Å². The van der Waals surface area contributed by atoms with Crippen LogP contribution in [-0.2, 0) is 9.59 Å². The Labute approximate surface area is 151 Å². The number of anilines is 2. The lowest BCUT2D eigenvalue weighted by atomic mass is 10.1. The zero-order chi connectivity index (χ0) is 18.0. The Bertz CT molecular complexity index is 822. The van der Waals surface area contributed by atoms with E-state index in [2.05, 4.69) is 5.32 Å². The highest BCUT2D eigenvalue weighted by atomic mass is 35.5. The third-order valence-corrected chi connectivity index (χ3v) is 4.77. The standard InChI is InChI=1S/C19H19ClN2O3/c1-12-16(20)7-4-8-17(12)22-11-13(9-18(22)23)19(24)21-14-5-3-6-15(10-14)25-2/h3-8,10,13H,9,11H2,1-2H3,(H,21,24)/t13-/m1/s1. The molecule has 5 nitrogen and oxygen atoms in total. The van der Waals surface area contributed by atoms with Crippen molar-refractivity contribution in [1.82, 2.24) is 0 Å². The van der Waals surface area contributed by atoms with Crippen molar-refractivity contribution in [2.24, 2.45) is 5.92 Å². The second kappa shape index (κ2) is 7.15. The number of carbonyl (C=O) groups excluding carboxylic acids is 2. The molecule has 130 valence electrons. The van der Waals surface area contributed by atoms with Gasteiger partial charge in [-0.15, -0.1) is 0 Å². The monoisotopic (exact) mass is 358 g/mol. The Balaban J connectivity index is 1.73. The third kappa shape index (κ3) is 3.61. The van der Waals surface area contributed by atoms with Crippen molar-refractivity contribution in [2.45, 2.75) is 13.3 Å². The van der Waals surface area contributed by atoms with E-state index in [9.17, 15) is 9.59 Å². The molecule has 1 aliphatic rings. The Morgan fingerprint density at radius 1 is 1.28 bits per heavy atom. The predicted molar refractivity (Wildman–Crippen MR) is 98.3 cm³/mol. The maximum atomic E-state index is 12.5. The highest BCUT2D eigenvalue weighted by Gasteiger charge is 2.35. The van der Waals surface area contributed by atoms with Crippen LogP contribution in [0.4, 0.5) is 11.4 Å². The molecule has 25 heavy (non-hydrogen) atoms. The van der Waals surface area contributed by atoms with E-state index in [1.54, 1.807) is 42.3 Å². The molecule has 1 atom stereocenters. The highest BCUT2D eigenvalue weighted by Crippen LogP contribution is 2.32. The zero-order valence-corrected chi connectivity index (χ0v) is 14.8. The zero-order valence-electron chi connectivity index (χ0n) is 14.1. The molecule has 1 heterocycles. The average Bonchev–Trinajstić information content (AvgIpc) is 2.99. The Hall–Kier alpha value is -2.53. The van der Waals surface area contributed by atoms with Crippen LogP contribution in [-0.4, -0.2) is 25.5 Å². The van der Waals surface area contributed by atoms with Crippen molar-refractivity contribution in [2.75, 3.05) is 23.9 Å². The molecule has 3 rings (SSSR count). The summed E-state index contributed by atoms with van der Waals surface area (Å²) in [5, 5.41) is 3.46. The molecule has 1 fully saturated rings. The summed E-state index contributed by atoms with van der Waals surface area (Å²) in [5.41, 5.74) is 2.25. The van der Waals surface area contributed by atoms with Gasteiger partial charge in [0.2, 0.25) is 11.8 Å². The molecule has 0 spiro atoms. The molecule has 0 unspecified atom stereocenters. The molecular formula is C19H19ClN2O3. The molecule has 1 aliphatic heterocycles. The van der Waals surface area contributed by atoms with E-state index in [1.165, 1.54) is 0 Å². The molecule has 0 aromatic heterocycles. The van der Waals surface area contributed by atoms with Crippen molar-refractivity contribution in [3.8, 4) is 5.75 Å². The number of ether oxygens (including phenoxy) is 1. The second-order valence-corrected chi connectivity index (χ2v) is 6.42. The molecule has 0 saturated carbocycles. The van der Waals surface area contributed by atoms with Crippen molar-refractivity contribution in [3.63, 3.8) is 0 Å². The van der Waals surface area contributed by atoms with Crippen molar-refractivity contribution >= 4 is 34.8 Å². The van der Waals surface area contributed by atoms with Crippen LogP contribution in [0.2, 0.25) is 5.02 Å². The van der Waals surface area contributed by atoms with Gasteiger partial charge in [-0.25, -0.2) is 0 Å². The van der Waals surface area contributed by atoms with Crippen molar-refractivity contribution < 1.29 is 14.3 Å². The SMILES string of the molecule is COc1cccc(NC(=O)[C@@H]2CC(=O)N(c3cccc(Cl)c3C)C2)c1. The maximum absolute atomic E-state index is 12.5. The van der Waals surface area contributed by atoms with Gasteiger partial charge < -0.3 is 15.0 Å². The van der Waals surface area contributed by atoms with E-state index in [0.29, 0.717) is 23.0 Å². The van der Waals surface area contributed by atoms with Crippen LogP contribution in [0.5, 0.6) is 5.75 Å². The summed E-state index contributed by atoms with van der Waals surface area (Å²) in [4.78, 5) is 26.6. The lowest BCUT2D eigenvalue weighted by molar-refractivity contribution is -0.122. The summed E-state index contributed by atoms with van der Waals surface area (Å²) in [6, 6.07) is 12.6. The Morgan fingerprint density at radius 3 is 2.80 bits per heavy atom. The van der Waals surface area contributed by atoms with Gasteiger partial charge in [-0.05, 0) is 36.8 Å². The molecular weight excluding hydrogens is 340 g/mol. The van der Waals surface area contributed by atoms with Gasteiger partial charge >= 0.3 is 0 Å². The van der Waals surface area contributed by atoms with Crippen LogP contribution < -0.4 is 15.0 Å². The van der Waals surface area contributed by atoms with E-state index in [-0.39, 0.29) is 18.2 Å². The summed E-state index contributed by atoms with van der Waals surface area (Å²) in [7, 11) is 1.57. The number of methoxy groups -OCH3 is 1. The summed E-state index contributed by atoms with van der Waals surface area (Å²) in [5.74, 6) is 0.00787. The first-order valence-electron chi connectivity index (χ1n) is 8.00. The lowest BCUT2D eigenvalue weighted by Gasteiger charge is -2.19. The van der Waals surface area contributed by atoms with E-state index < -0.39 is 5.92 Å². The lowest BCUT2D eigenvalue weighted by Crippen LogP contribution is -2.28. The first-order valence-corrected chi connectivity index (χ1v) is 8.38. The molecule has 2 amide bonds. The number of carbonyl (C=O) groups is 2. The fraction of sp³-hybridized carbons (Fsp3) is 0.263. The number of hydrogen-bond donors (Lipinski definition) is 1. The number of rotatable bonds is 4. The predicted octanol–water partition coefficient (Wildman–Crippen LogP) is 3.65. The number of nitrogens with one attached hydrogen (secondary N) is 1. The second-order valence-electron chi connectivity index (χ2n) is 6.01. The minimum absolute atomic E-state index is 0.0730. The van der Waals surface area contributed by atoms with Gasteiger partial charge in [0.15, 0.2) is 0 Å². The van der Waals surface area contributed by atoms with Crippen LogP contribution >= 0.6 is 11.6 Å². The van der Waals surface area contributed by atoms with Crippen LogP contribution in [0.1, 0.15) is 12.0 Å². The molecule has 1 saturated heterocycles. The highest BCUT2D eigenvalue weighted by molar-refractivity contribution is 6.31. The Kier molecular flexibility index (Phi) is 4.95. The first-order chi connectivity index (χ1) is 12.0. The maximum Gasteiger partial charge on any atom is 0.229 e. The van der Waals surface area contributed by atoms with E-state index >= 15 is 0 Å². The van der Waals surface area contributed by atoms with Crippen LogP contribution in [0, 0.1) is 12.8 Å². The summed E-state index contributed by atoms with van der Waals surface area (Å²) < 4.78 is 5.15. The fourth-order valence-electron chi connectivity index (χ4n) is 2.95. The minimum Gasteiger partial charge on any atom is -0.497 e. The summed E-state index contributed by atoms with van der Waals surface area (Å²) in [6.45, 7) is 2.21. The van der Waals surface area contributed by atoms with Crippen LogP contribution in [0.3, 0.4) is 0 Å². The van der Waals surface area contributed by atoms with E-state index in [4.69, 9.17) is 16.3 Å². The van der Waals surface area contributed by atoms with E-state index in [1.807, 2.05) is 19.1 Å². The number of nitrogens with zero attached hydrogens (tertiary/aromatic N) is 1. The summed E-state index contributed by atoms with van der Waals surface area (Å²) in [6.07, 6.45) is 0.182. The van der Waals surface area contributed by atoms with Gasteiger partial charge in [-0.1, -0.05) is 23.7 Å². The number of amides is 2. The van der Waals surface area contributed by atoms with Gasteiger partial charge in [0.05, 0.1) is 13.0 Å². The molecule has 2 aromatic rings. The van der Waals surface area contributed by atoms with Crippen molar-refractivity contribution in [1.29, 1.82) is 0 Å². The topological polar surface area (TPSA) is 58.6 Å². The quantitative estimate of drug-likeness (QED) is 0.907. The van der Waals surface area contributed by atoms with Gasteiger partial charge in [-0.2, -0.15) is 0 Å². The number of hydrogen-bond acceptors (Lipinski definition) is 3. The fourth-order valence-corrected chi connectivity index (χ4v) is 3.12. The largest absolute Gasteiger partial charge is 0.497 e. The third-order valence-electron chi connectivity index (χ3n) is 4.36. The van der Waals surface area contributed by atoms with E-state index in [0.717, 1.165) is 11.3 Å². The van der Waals surface area contributed by atoms with Crippen LogP contribution in [0.25, 0.3) is 0 Å². The normalized spacial score (nSPS) is 16.8. The molecule has 0 bridgehead atoms. The van der Waals surface area contributed by atoms with Gasteiger partial charge in [0, 0.05) is 35.4 Å². The average molecular weight is 359 g/mol. The molecule has 2 aromatic carbocycles. The van der Waals surface area contributed by atoms with Crippen molar-refractivity contribution in [3.05, 3.63) is 53.1 Å². The smallest absolute Gasteiger partial charge is 0.229 e. The molecule has 1 N–H and O–H groups in total. The molecule has 6 heteroatoms. The Morgan fingerprint density at radius 2 is 2.04 bits per heavy atom. The first kappa shape index (κ1) is 17.3. The van der Waals surface area contributed by atoms with Gasteiger partial charge in [-0.3, -0.25) is 9.59 Å². The number of halogens is 1. The van der Waals surface area contributed by atoms with Gasteiger partial charge in [0.25, 0.3) is 0 Å². The summed E-state index contributed by atoms with van der Waals surface area (Å²) >= 11 is 6.15. The minimum atomic E-state index is -0.405. The van der Waals surface area contributed by atoms with Crippen LogP contribution in [0.15, 0.2) is 42.5 Å².